The zero-order chi connectivity index (χ0) is 12.8. The van der Waals surface area contributed by atoms with Crippen LogP contribution in [0.15, 0.2) is 12.1 Å². The van der Waals surface area contributed by atoms with Crippen LogP contribution in [0.3, 0.4) is 0 Å². The molecule has 0 unspecified atom stereocenters. The molecule has 1 aromatic rings. The number of nitrogens with one attached hydrogen (secondary N) is 2. The normalized spacial score (nSPS) is 11.1. The molecule has 1 aromatic heterocycles. The molecule has 0 amide bonds. The van der Waals surface area contributed by atoms with Gasteiger partial charge in [0.15, 0.2) is 5.97 Å². The minimum Gasteiger partial charge on any atom is -0.480 e. The van der Waals surface area contributed by atoms with Crippen LogP contribution < -0.4 is 11.1 Å². The van der Waals surface area contributed by atoms with E-state index in [1.807, 2.05) is 12.1 Å². The zero-order valence-electron chi connectivity index (χ0n) is 9.89. The smallest absolute Gasteiger partial charge is 0.320 e. The number of carbonyl (C=O) groups is 1. The highest BCUT2D eigenvalue weighted by Gasteiger charge is 2.13. The Morgan fingerprint density at radius 2 is 2.05 bits per heavy atom. The number of hydrogen-bond acceptors (Lipinski definition) is 5. The van der Waals surface area contributed by atoms with Crippen molar-refractivity contribution in [2.75, 3.05) is 6.54 Å². The fraction of sp³-hybridized carbons (Fsp3) is 0.400. The fourth-order valence-corrected chi connectivity index (χ4v) is 2.27. The maximum atomic E-state index is 12.1. The highest BCUT2D eigenvalue weighted by atomic mass is 35.5. The number of carboxylic acids is 1. The third-order valence-corrected chi connectivity index (χ3v) is 3.14. The summed E-state index contributed by atoms with van der Waals surface area (Å²) in [5, 5.41) is 18.0. The molecule has 0 aliphatic rings. The predicted octanol–water partition coefficient (Wildman–Crippen LogP) is 1.58. The van der Waals surface area contributed by atoms with Gasteiger partial charge < -0.3 is 16.2 Å². The summed E-state index contributed by atoms with van der Waals surface area (Å²) in [5.74, 6) is -1.93. The lowest BCUT2D eigenvalue weighted by atomic mass is 10.2. The van der Waals surface area contributed by atoms with Gasteiger partial charge in [-0.25, -0.2) is 0 Å². The number of hydrogen-bond donors (Lipinski definition) is 4. The quantitative estimate of drug-likeness (QED) is 0.570. The van der Waals surface area contributed by atoms with E-state index < -0.39 is 18.0 Å². The van der Waals surface area contributed by atoms with Crippen molar-refractivity contribution in [1.82, 2.24) is 5.32 Å². The van der Waals surface area contributed by atoms with Gasteiger partial charge in [0.1, 0.15) is 6.04 Å². The molecule has 0 saturated carbocycles. The van der Waals surface area contributed by atoms with Crippen LogP contribution >= 0.6 is 36.2 Å². The van der Waals surface area contributed by atoms with E-state index in [2.05, 4.69) is 5.32 Å². The average molecular weight is 332 g/mol. The first-order valence-corrected chi connectivity index (χ1v) is 5.80. The van der Waals surface area contributed by atoms with Crippen LogP contribution in [0.4, 0.5) is 4.39 Å². The first-order valence-electron chi connectivity index (χ1n) is 4.98. The topological polar surface area (TPSA) is 99.2 Å². The molecule has 1 rings (SSSR count). The van der Waals surface area contributed by atoms with E-state index in [9.17, 15) is 9.18 Å². The summed E-state index contributed by atoms with van der Waals surface area (Å²) in [5.41, 5.74) is 5.41. The Kier molecular flexibility index (Phi) is 10.9. The molecule has 0 bridgehead atoms. The van der Waals surface area contributed by atoms with E-state index in [0.29, 0.717) is 13.0 Å². The Balaban J connectivity index is 0. The Morgan fingerprint density at radius 3 is 2.58 bits per heavy atom. The number of nitrogens with two attached hydrogens (primary N) is 1. The van der Waals surface area contributed by atoms with Gasteiger partial charge in [-0.3, -0.25) is 10.2 Å². The van der Waals surface area contributed by atoms with Gasteiger partial charge in [0.25, 0.3) is 0 Å². The molecule has 1 heterocycles. The van der Waals surface area contributed by atoms with Gasteiger partial charge >= 0.3 is 5.97 Å². The average Bonchev–Trinajstić information content (AvgIpc) is 2.65. The van der Waals surface area contributed by atoms with Crippen LogP contribution in [0.1, 0.15) is 9.75 Å². The van der Waals surface area contributed by atoms with Gasteiger partial charge in [-0.05, 0) is 12.1 Å². The van der Waals surface area contributed by atoms with Gasteiger partial charge in [0.2, 0.25) is 0 Å². The lowest BCUT2D eigenvalue weighted by molar-refractivity contribution is -0.138. The van der Waals surface area contributed by atoms with Crippen molar-refractivity contribution in [3.63, 3.8) is 0 Å². The largest absolute Gasteiger partial charge is 0.480 e. The SMILES string of the molecule is Cl.Cl.N=C(F)CNCc1ccc(C[C@H](N)C(=O)O)s1. The molecule has 0 aliphatic heterocycles. The van der Waals surface area contributed by atoms with Crippen LogP contribution in [0.5, 0.6) is 0 Å². The monoisotopic (exact) mass is 331 g/mol. The van der Waals surface area contributed by atoms with Gasteiger partial charge in [-0.2, -0.15) is 4.39 Å². The van der Waals surface area contributed by atoms with Crippen LogP contribution in [0.25, 0.3) is 0 Å². The van der Waals surface area contributed by atoms with E-state index in [4.69, 9.17) is 16.2 Å². The lowest BCUT2D eigenvalue weighted by Crippen LogP contribution is -2.31. The van der Waals surface area contributed by atoms with E-state index in [1.54, 1.807) is 0 Å². The first-order chi connectivity index (χ1) is 7.99. The molecule has 0 saturated heterocycles. The zero-order valence-corrected chi connectivity index (χ0v) is 12.3. The molecule has 9 heteroatoms. The minimum absolute atomic E-state index is 0. The standard InChI is InChI=1S/C10H14FN3O2S.2ClH/c11-9(13)5-14-4-7-2-1-6(17-7)3-8(12)10(15)16;;/h1-2,8,13-14H,3-5,12H2,(H,15,16);2*1H/t8-;;/m0../s1. The molecule has 0 aliphatic carbocycles. The van der Waals surface area contributed by atoms with Crippen molar-refractivity contribution in [3.8, 4) is 0 Å². The highest BCUT2D eigenvalue weighted by molar-refractivity contribution is 7.12. The van der Waals surface area contributed by atoms with Crippen molar-refractivity contribution in [2.24, 2.45) is 5.73 Å². The molecule has 19 heavy (non-hydrogen) atoms. The molecule has 5 nitrogen and oxygen atoms in total. The Hall–Kier alpha value is -0.730. The van der Waals surface area contributed by atoms with E-state index in [1.165, 1.54) is 11.3 Å². The summed E-state index contributed by atoms with van der Waals surface area (Å²) in [7, 11) is 0. The number of aliphatic carboxylic acids is 1. The molecule has 0 aromatic carbocycles. The van der Waals surface area contributed by atoms with Gasteiger partial charge in [-0.1, -0.05) is 0 Å². The molecular weight excluding hydrogens is 316 g/mol. The van der Waals surface area contributed by atoms with E-state index in [0.717, 1.165) is 9.75 Å². The summed E-state index contributed by atoms with van der Waals surface area (Å²) >= 11 is 1.43. The highest BCUT2D eigenvalue weighted by Crippen LogP contribution is 2.17. The second kappa shape index (κ2) is 10.1. The summed E-state index contributed by atoms with van der Waals surface area (Å²) in [6.07, 6.45) is 0.291. The van der Waals surface area contributed by atoms with Crippen LogP contribution in [0, 0.1) is 5.41 Å². The van der Waals surface area contributed by atoms with Gasteiger partial charge in [-0.15, -0.1) is 36.2 Å². The summed E-state index contributed by atoms with van der Waals surface area (Å²) in [6.45, 7) is 0.362. The Morgan fingerprint density at radius 1 is 1.47 bits per heavy atom. The second-order valence-corrected chi connectivity index (χ2v) is 4.78. The molecule has 1 atom stereocenters. The molecular formula is C10H16Cl2FN3O2S. The first kappa shape index (κ1) is 20.6. The number of halogens is 3. The molecule has 0 radical (unpaired) electrons. The predicted molar refractivity (Wildman–Crippen MR) is 78.7 cm³/mol. The van der Waals surface area contributed by atoms with Crippen LogP contribution in [-0.4, -0.2) is 29.6 Å². The summed E-state index contributed by atoms with van der Waals surface area (Å²) in [6, 6.07) is 2.75. The number of carboxylic acid groups (broad SMARTS) is 1. The number of thiophene rings is 1. The van der Waals surface area contributed by atoms with Gasteiger partial charge in [0, 0.05) is 22.7 Å². The van der Waals surface area contributed by atoms with Crippen molar-refractivity contribution < 1.29 is 14.3 Å². The van der Waals surface area contributed by atoms with E-state index in [-0.39, 0.29) is 31.4 Å². The second-order valence-electron chi connectivity index (χ2n) is 3.53. The Labute approximate surface area is 126 Å². The molecule has 5 N–H and O–H groups in total. The summed E-state index contributed by atoms with van der Waals surface area (Å²) < 4.78 is 12.1. The minimum atomic E-state index is -1.02. The maximum absolute atomic E-state index is 12.1. The van der Waals surface area contributed by atoms with Crippen molar-refractivity contribution >= 4 is 48.1 Å². The van der Waals surface area contributed by atoms with Crippen molar-refractivity contribution in [2.45, 2.75) is 19.0 Å². The fourth-order valence-electron chi connectivity index (χ4n) is 1.23. The van der Waals surface area contributed by atoms with Crippen LogP contribution in [0.2, 0.25) is 0 Å². The Bertz CT molecular complexity index is 417. The third-order valence-electron chi connectivity index (χ3n) is 2.04. The molecule has 0 spiro atoms. The third kappa shape index (κ3) is 8.12. The lowest BCUT2D eigenvalue weighted by Gasteiger charge is -2.03. The molecule has 110 valence electrons. The van der Waals surface area contributed by atoms with Crippen LogP contribution in [-0.2, 0) is 17.8 Å². The van der Waals surface area contributed by atoms with Gasteiger partial charge in [0.05, 0.1) is 6.54 Å². The maximum Gasteiger partial charge on any atom is 0.320 e. The van der Waals surface area contributed by atoms with E-state index >= 15 is 0 Å². The number of rotatable bonds is 7. The molecule has 0 fully saturated rings. The summed E-state index contributed by atoms with van der Waals surface area (Å²) in [4.78, 5) is 12.4. The van der Waals surface area contributed by atoms with Crippen molar-refractivity contribution in [1.29, 1.82) is 5.41 Å². The van der Waals surface area contributed by atoms with Crippen molar-refractivity contribution in [3.05, 3.63) is 21.9 Å².